The first-order valence-corrected chi connectivity index (χ1v) is 23.6. The van der Waals surface area contributed by atoms with E-state index >= 15 is 0 Å². The van der Waals surface area contributed by atoms with E-state index in [-0.39, 0.29) is 26.3 Å². The largest absolute Gasteiger partial charge is 1.00 e. The van der Waals surface area contributed by atoms with Crippen LogP contribution in [0, 0.1) is 6.26 Å². The monoisotopic (exact) mass is 518 g/mol. The van der Waals surface area contributed by atoms with Crippen LogP contribution in [0.2, 0.25) is 34.5 Å². The number of ether oxygens (including phenoxy) is 3. The molecule has 0 spiro atoms. The van der Waals surface area contributed by atoms with Crippen molar-refractivity contribution in [1.82, 2.24) is 0 Å². The minimum absolute atomic E-state index is 0. The summed E-state index contributed by atoms with van der Waals surface area (Å²) in [6.45, 7) is 20.1. The first-order chi connectivity index (χ1) is 11.8. The van der Waals surface area contributed by atoms with Gasteiger partial charge >= 0.3 is 126 Å². The predicted octanol–water partition coefficient (Wildman–Crippen LogP) is 3.64. The molecule has 0 unspecified atom stereocenters. The second-order valence-corrected chi connectivity index (χ2v) is 28.6. The fraction of sp³-hybridized carbons (Fsp3) is 0.667. The normalized spacial score (nSPS) is 8.79. The molecular formula is C21H47Ge2LiO4. The molecule has 0 atom stereocenters. The molecule has 28 heavy (non-hydrogen) atoms. The van der Waals surface area contributed by atoms with Crippen LogP contribution in [0.25, 0.3) is 0 Å². The zero-order valence-corrected chi connectivity index (χ0v) is 24.1. The van der Waals surface area contributed by atoms with E-state index in [4.69, 9.17) is 4.74 Å². The molecule has 164 valence electrons. The fourth-order valence-corrected chi connectivity index (χ4v) is 1.82. The molecule has 0 rings (SSSR count). The molecule has 0 radical (unpaired) electrons. The Balaban J connectivity index is -0.0000000580. The molecule has 7 heteroatoms. The van der Waals surface area contributed by atoms with E-state index in [1.165, 1.54) is 6.26 Å². The summed E-state index contributed by atoms with van der Waals surface area (Å²) in [5, 5.41) is 0. The molecule has 0 amide bonds. The van der Waals surface area contributed by atoms with Crippen LogP contribution in [0.3, 0.4) is 0 Å². The second-order valence-electron chi connectivity index (χ2n) is 7.11. The van der Waals surface area contributed by atoms with Crippen molar-refractivity contribution in [3.63, 3.8) is 0 Å². The number of hydrogen-bond acceptors (Lipinski definition) is 4. The first kappa shape index (κ1) is 42.2. The molecule has 0 aliphatic carbocycles. The van der Waals surface area contributed by atoms with E-state index in [1.54, 1.807) is 6.92 Å². The van der Waals surface area contributed by atoms with Crippen molar-refractivity contribution >= 4 is 31.1 Å². The minimum atomic E-state index is -1.81. The molecule has 0 aromatic heterocycles. The van der Waals surface area contributed by atoms with Crippen molar-refractivity contribution in [3.05, 3.63) is 36.9 Å². The van der Waals surface area contributed by atoms with Gasteiger partial charge in [0.05, 0.1) is 12.9 Å². The van der Waals surface area contributed by atoms with Crippen LogP contribution in [0.15, 0.2) is 30.6 Å². The Morgan fingerprint density at radius 1 is 0.964 bits per heavy atom. The molecule has 0 aromatic rings. The van der Waals surface area contributed by atoms with Gasteiger partial charge in [-0.25, -0.2) is 6.58 Å². The van der Waals surface area contributed by atoms with Gasteiger partial charge in [-0.1, -0.05) is 14.0 Å². The van der Waals surface area contributed by atoms with Crippen molar-refractivity contribution in [2.24, 2.45) is 0 Å². The third-order valence-corrected chi connectivity index (χ3v) is 11.0. The quantitative estimate of drug-likeness (QED) is 0.281. The Labute approximate surface area is 194 Å². The van der Waals surface area contributed by atoms with Crippen LogP contribution in [-0.2, 0) is 19.0 Å². The summed E-state index contributed by atoms with van der Waals surface area (Å²) in [7, 11) is 0. The molecule has 0 saturated heterocycles. The smallest absolute Gasteiger partial charge is 1.00 e. The van der Waals surface area contributed by atoms with Gasteiger partial charge in [-0.3, -0.25) is 0 Å². The summed E-state index contributed by atoms with van der Waals surface area (Å²) in [6.07, 6.45) is 3.70. The van der Waals surface area contributed by atoms with Gasteiger partial charge in [-0.05, 0) is 13.8 Å². The maximum atomic E-state index is 10.5. The Bertz CT molecular complexity index is 364. The number of carbonyl (C=O) groups excluding carboxylic acids is 1. The summed E-state index contributed by atoms with van der Waals surface area (Å²) >= 11 is -3.46. The van der Waals surface area contributed by atoms with E-state index in [9.17, 15) is 4.79 Å². The Morgan fingerprint density at radius 2 is 1.36 bits per heavy atom. The Kier molecular flexibility index (Phi) is 40.6. The molecule has 0 saturated carbocycles. The average Bonchev–Trinajstić information content (AvgIpc) is 2.49. The van der Waals surface area contributed by atoms with Crippen LogP contribution in [0.1, 0.15) is 35.1 Å². The molecular weight excluding hydrogens is 468 g/mol. The second kappa shape index (κ2) is 27.0. The van der Waals surface area contributed by atoms with Crippen molar-refractivity contribution in [2.45, 2.75) is 69.7 Å². The van der Waals surface area contributed by atoms with Crippen LogP contribution >= 0.6 is 0 Å². The summed E-state index contributed by atoms with van der Waals surface area (Å²) in [6, 6.07) is 0. The molecule has 0 aliphatic rings. The van der Waals surface area contributed by atoms with E-state index in [2.05, 4.69) is 70.0 Å². The molecule has 0 aromatic carbocycles. The number of carbonyl (C=O) groups is 1. The zero-order chi connectivity index (χ0) is 21.8. The topological polar surface area (TPSA) is 44.8 Å². The SMILES string of the molecule is C.C=COCC.C=[C-]OCC.C=[C](OCC)[Ge]([CH3])([CH3])[CH3].C[C](=O)[Ge]([CH3])([CH3])[CH3].[Li+]. The molecule has 0 fully saturated rings. The van der Waals surface area contributed by atoms with Crippen molar-refractivity contribution in [1.29, 1.82) is 0 Å². The third kappa shape index (κ3) is 45.0. The maximum absolute atomic E-state index is 10.5. The predicted molar refractivity (Wildman–Crippen MR) is 127 cm³/mol. The average molecular weight is 516 g/mol. The van der Waals surface area contributed by atoms with E-state index in [0.29, 0.717) is 11.2 Å². The molecule has 0 N–H and O–H groups in total. The van der Waals surface area contributed by atoms with E-state index in [0.717, 1.165) is 17.8 Å². The summed E-state index contributed by atoms with van der Waals surface area (Å²) in [4.78, 5) is 10.5. The molecule has 4 nitrogen and oxygen atoms in total. The van der Waals surface area contributed by atoms with Crippen LogP contribution in [-0.4, -0.2) is 51.0 Å². The zero-order valence-electron chi connectivity index (χ0n) is 20.0. The summed E-state index contributed by atoms with van der Waals surface area (Å²) in [5.41, 5.74) is 0. The van der Waals surface area contributed by atoms with Crippen LogP contribution in [0.5, 0.6) is 0 Å². The van der Waals surface area contributed by atoms with Crippen LogP contribution < -0.4 is 18.9 Å². The van der Waals surface area contributed by atoms with E-state index < -0.39 is 26.5 Å². The minimum Gasteiger partial charge on any atom is 1.00 e. The standard InChI is InChI=1S/C7H16GeO.C5H12GeO.C4H8O.C4H7O.CH4.Li/c1-6-9-7(2)8(3,4)5;1-5(7)6(2,3)4;2*1-3-5-4-2;;/h2,6H2,1,3-5H3;1-4H3;3H,1,4H2,2H3;1,4H2,2H3;1H4;/q;;;-1;;+1. The fourth-order valence-electron chi connectivity index (χ4n) is 0.611. The van der Waals surface area contributed by atoms with Crippen molar-refractivity contribution in [2.75, 3.05) is 19.8 Å². The molecule has 0 aliphatic heterocycles. The molecule has 0 bridgehead atoms. The number of hydrogen-bond donors (Lipinski definition) is 0. The van der Waals surface area contributed by atoms with Gasteiger partial charge in [0.2, 0.25) is 0 Å². The summed E-state index contributed by atoms with van der Waals surface area (Å²) < 4.78 is 15.8. The molecule has 0 heterocycles. The van der Waals surface area contributed by atoms with Crippen molar-refractivity contribution in [3.8, 4) is 0 Å². The van der Waals surface area contributed by atoms with Gasteiger partial charge < -0.3 is 15.7 Å². The van der Waals surface area contributed by atoms with Gasteiger partial charge in [0.15, 0.2) is 0 Å². The Hall–Kier alpha value is -0.0269. The van der Waals surface area contributed by atoms with Gasteiger partial charge in [-0.2, -0.15) is 0 Å². The number of rotatable bonds is 8. The van der Waals surface area contributed by atoms with Gasteiger partial charge in [-0.15, -0.1) is 0 Å². The van der Waals surface area contributed by atoms with Gasteiger partial charge in [0, 0.05) is 6.61 Å². The Morgan fingerprint density at radius 3 is 1.39 bits per heavy atom. The van der Waals surface area contributed by atoms with Gasteiger partial charge in [0.25, 0.3) is 0 Å². The van der Waals surface area contributed by atoms with E-state index in [1.807, 2.05) is 20.8 Å². The van der Waals surface area contributed by atoms with Crippen LogP contribution in [0.4, 0.5) is 0 Å². The third-order valence-electron chi connectivity index (χ3n) is 2.74. The summed E-state index contributed by atoms with van der Waals surface area (Å²) in [5.74, 6) is 13.1. The maximum Gasteiger partial charge on any atom is 1.00 e. The van der Waals surface area contributed by atoms with Crippen molar-refractivity contribution < 1.29 is 37.9 Å². The van der Waals surface area contributed by atoms with Gasteiger partial charge in [0.1, 0.15) is 0 Å². The first-order valence-electron chi connectivity index (χ1n) is 8.95.